The molecular weight excluding hydrogens is 168 g/mol. The SMILES string of the molecule is CN(C)CCCC1=CC(=O)NC1=O. The van der Waals surface area contributed by atoms with Gasteiger partial charge in [0.25, 0.3) is 11.8 Å². The van der Waals surface area contributed by atoms with E-state index in [0.717, 1.165) is 13.0 Å². The number of carbonyl (C=O) groups is 2. The van der Waals surface area contributed by atoms with Crippen LogP contribution in [0.4, 0.5) is 0 Å². The van der Waals surface area contributed by atoms with Gasteiger partial charge in [0.2, 0.25) is 0 Å². The van der Waals surface area contributed by atoms with E-state index in [4.69, 9.17) is 0 Å². The van der Waals surface area contributed by atoms with Crippen molar-refractivity contribution in [2.75, 3.05) is 20.6 Å². The summed E-state index contributed by atoms with van der Waals surface area (Å²) in [4.78, 5) is 23.8. The van der Waals surface area contributed by atoms with Gasteiger partial charge in [0.05, 0.1) is 0 Å². The molecule has 0 aromatic rings. The summed E-state index contributed by atoms with van der Waals surface area (Å²) in [5.41, 5.74) is 0.604. The molecule has 0 saturated carbocycles. The second-order valence-corrected chi connectivity index (χ2v) is 3.39. The monoisotopic (exact) mass is 182 g/mol. The van der Waals surface area contributed by atoms with Gasteiger partial charge in [-0.2, -0.15) is 0 Å². The summed E-state index contributed by atoms with van der Waals surface area (Å²) in [7, 11) is 3.96. The molecule has 0 unspecified atom stereocenters. The first-order valence-corrected chi connectivity index (χ1v) is 4.30. The summed E-state index contributed by atoms with van der Waals surface area (Å²) in [6.07, 6.45) is 2.97. The first-order valence-electron chi connectivity index (χ1n) is 4.30. The minimum atomic E-state index is -0.287. The van der Waals surface area contributed by atoms with E-state index in [2.05, 4.69) is 10.2 Å². The van der Waals surface area contributed by atoms with Crippen molar-refractivity contribution in [3.05, 3.63) is 11.6 Å². The number of hydrogen-bond donors (Lipinski definition) is 1. The van der Waals surface area contributed by atoms with Gasteiger partial charge in [0, 0.05) is 11.6 Å². The molecule has 0 aromatic carbocycles. The topological polar surface area (TPSA) is 49.4 Å². The number of rotatable bonds is 4. The van der Waals surface area contributed by atoms with Gasteiger partial charge in [0.15, 0.2) is 0 Å². The van der Waals surface area contributed by atoms with Crippen molar-refractivity contribution < 1.29 is 9.59 Å². The van der Waals surface area contributed by atoms with Gasteiger partial charge in [-0.3, -0.25) is 14.9 Å². The Morgan fingerprint density at radius 1 is 1.38 bits per heavy atom. The van der Waals surface area contributed by atoms with Gasteiger partial charge in [0.1, 0.15) is 0 Å². The predicted octanol–water partition coefficient (Wildman–Crippen LogP) is -0.0890. The van der Waals surface area contributed by atoms with Gasteiger partial charge < -0.3 is 4.90 Å². The van der Waals surface area contributed by atoms with Crippen LogP contribution in [0.2, 0.25) is 0 Å². The van der Waals surface area contributed by atoms with E-state index in [-0.39, 0.29) is 11.8 Å². The number of carbonyl (C=O) groups excluding carboxylic acids is 2. The Hall–Kier alpha value is -1.16. The number of hydrogen-bond acceptors (Lipinski definition) is 3. The lowest BCUT2D eigenvalue weighted by molar-refractivity contribution is -0.123. The molecular formula is C9H14N2O2. The van der Waals surface area contributed by atoms with Crippen LogP contribution in [0.3, 0.4) is 0 Å². The average Bonchev–Trinajstić information content (AvgIpc) is 2.29. The maximum Gasteiger partial charge on any atom is 0.254 e. The van der Waals surface area contributed by atoms with Crippen LogP contribution in [0, 0.1) is 0 Å². The van der Waals surface area contributed by atoms with Crippen LogP contribution in [0.1, 0.15) is 12.8 Å². The minimum absolute atomic E-state index is 0.233. The Labute approximate surface area is 77.6 Å². The molecule has 13 heavy (non-hydrogen) atoms. The van der Waals surface area contributed by atoms with Crippen LogP contribution in [-0.2, 0) is 9.59 Å². The zero-order valence-electron chi connectivity index (χ0n) is 7.96. The van der Waals surface area contributed by atoms with Crippen molar-refractivity contribution in [1.29, 1.82) is 0 Å². The Kier molecular flexibility index (Phi) is 3.19. The zero-order chi connectivity index (χ0) is 9.84. The highest BCUT2D eigenvalue weighted by Crippen LogP contribution is 2.09. The lowest BCUT2D eigenvalue weighted by atomic mass is 10.1. The lowest BCUT2D eigenvalue weighted by Gasteiger charge is -2.08. The standard InChI is InChI=1S/C9H14N2O2/c1-11(2)5-3-4-7-6-8(12)10-9(7)13/h6H,3-5H2,1-2H3,(H,10,12,13). The molecule has 1 heterocycles. The summed E-state index contributed by atoms with van der Waals surface area (Å²) < 4.78 is 0. The minimum Gasteiger partial charge on any atom is -0.309 e. The van der Waals surface area contributed by atoms with Crippen LogP contribution < -0.4 is 5.32 Å². The van der Waals surface area contributed by atoms with Crippen molar-refractivity contribution >= 4 is 11.8 Å². The Morgan fingerprint density at radius 3 is 2.54 bits per heavy atom. The molecule has 0 radical (unpaired) electrons. The molecule has 1 aliphatic heterocycles. The lowest BCUT2D eigenvalue weighted by Crippen LogP contribution is -2.22. The van der Waals surface area contributed by atoms with E-state index in [9.17, 15) is 9.59 Å². The second-order valence-electron chi connectivity index (χ2n) is 3.39. The summed E-state index contributed by atoms with van der Waals surface area (Å²) in [6.45, 7) is 0.929. The van der Waals surface area contributed by atoms with Crippen LogP contribution in [0.25, 0.3) is 0 Å². The van der Waals surface area contributed by atoms with E-state index < -0.39 is 0 Å². The third-order valence-electron chi connectivity index (χ3n) is 1.89. The largest absolute Gasteiger partial charge is 0.309 e. The molecule has 0 atom stereocenters. The summed E-state index contributed by atoms with van der Waals surface area (Å²) in [5, 5.41) is 2.22. The molecule has 4 nitrogen and oxygen atoms in total. The third kappa shape index (κ3) is 2.99. The van der Waals surface area contributed by atoms with E-state index in [0.29, 0.717) is 12.0 Å². The van der Waals surface area contributed by atoms with Crippen molar-refractivity contribution in [2.45, 2.75) is 12.8 Å². The van der Waals surface area contributed by atoms with Gasteiger partial charge in [-0.15, -0.1) is 0 Å². The van der Waals surface area contributed by atoms with Gasteiger partial charge >= 0.3 is 0 Å². The van der Waals surface area contributed by atoms with E-state index in [1.165, 1.54) is 6.08 Å². The number of imide groups is 1. The Balaban J connectivity index is 2.33. The highest BCUT2D eigenvalue weighted by Gasteiger charge is 2.19. The molecule has 72 valence electrons. The molecule has 0 bridgehead atoms. The van der Waals surface area contributed by atoms with Crippen molar-refractivity contribution in [3.8, 4) is 0 Å². The quantitative estimate of drug-likeness (QED) is 0.618. The van der Waals surface area contributed by atoms with E-state index >= 15 is 0 Å². The molecule has 2 amide bonds. The normalized spacial score (nSPS) is 16.4. The molecule has 0 fully saturated rings. The molecule has 0 aliphatic carbocycles. The Bertz CT molecular complexity index is 256. The fourth-order valence-corrected chi connectivity index (χ4v) is 1.22. The van der Waals surface area contributed by atoms with Gasteiger partial charge in [-0.25, -0.2) is 0 Å². The highest BCUT2D eigenvalue weighted by atomic mass is 16.2. The fourth-order valence-electron chi connectivity index (χ4n) is 1.22. The first kappa shape index (κ1) is 9.92. The second kappa shape index (κ2) is 4.18. The Morgan fingerprint density at radius 2 is 2.08 bits per heavy atom. The maximum absolute atomic E-state index is 11.0. The molecule has 1 rings (SSSR count). The van der Waals surface area contributed by atoms with Crippen molar-refractivity contribution in [1.82, 2.24) is 10.2 Å². The van der Waals surface area contributed by atoms with E-state index in [1.807, 2.05) is 14.1 Å². The van der Waals surface area contributed by atoms with Crippen molar-refractivity contribution in [3.63, 3.8) is 0 Å². The van der Waals surface area contributed by atoms with Crippen LogP contribution in [0.5, 0.6) is 0 Å². The molecule has 4 heteroatoms. The summed E-state index contributed by atoms with van der Waals surface area (Å²) in [6, 6.07) is 0. The molecule has 1 aliphatic rings. The van der Waals surface area contributed by atoms with Crippen LogP contribution in [0.15, 0.2) is 11.6 Å². The van der Waals surface area contributed by atoms with Crippen LogP contribution in [-0.4, -0.2) is 37.4 Å². The maximum atomic E-state index is 11.0. The third-order valence-corrected chi connectivity index (χ3v) is 1.89. The molecule has 0 saturated heterocycles. The number of nitrogens with zero attached hydrogens (tertiary/aromatic N) is 1. The molecule has 1 N–H and O–H groups in total. The smallest absolute Gasteiger partial charge is 0.254 e. The van der Waals surface area contributed by atoms with Crippen LogP contribution >= 0.6 is 0 Å². The zero-order valence-corrected chi connectivity index (χ0v) is 7.96. The summed E-state index contributed by atoms with van der Waals surface area (Å²) >= 11 is 0. The van der Waals surface area contributed by atoms with E-state index in [1.54, 1.807) is 0 Å². The predicted molar refractivity (Wildman–Crippen MR) is 49.0 cm³/mol. The van der Waals surface area contributed by atoms with Gasteiger partial charge in [-0.1, -0.05) is 0 Å². The first-order chi connectivity index (χ1) is 6.09. The fraction of sp³-hybridized carbons (Fsp3) is 0.556. The number of amides is 2. The van der Waals surface area contributed by atoms with Crippen molar-refractivity contribution in [2.24, 2.45) is 0 Å². The average molecular weight is 182 g/mol. The highest BCUT2D eigenvalue weighted by molar-refractivity contribution is 6.16. The number of nitrogens with one attached hydrogen (secondary N) is 1. The molecule has 0 aromatic heterocycles. The summed E-state index contributed by atoms with van der Waals surface area (Å²) in [5.74, 6) is -0.520. The van der Waals surface area contributed by atoms with Gasteiger partial charge in [-0.05, 0) is 33.5 Å². The molecule has 0 spiro atoms.